The summed E-state index contributed by atoms with van der Waals surface area (Å²) in [6, 6.07) is 11.5. The summed E-state index contributed by atoms with van der Waals surface area (Å²) in [7, 11) is 0. The number of anilines is 1. The van der Waals surface area contributed by atoms with Crippen molar-refractivity contribution in [2.24, 2.45) is 0 Å². The van der Waals surface area contributed by atoms with E-state index in [0.717, 1.165) is 23.4 Å². The molecular formula is C14H15N3OS. The molecule has 0 bridgehead atoms. The Labute approximate surface area is 117 Å². The zero-order valence-corrected chi connectivity index (χ0v) is 11.6. The molecule has 1 aromatic heterocycles. The summed E-state index contributed by atoms with van der Waals surface area (Å²) in [5.74, 6) is 0. The molecule has 0 radical (unpaired) electrons. The number of nitrogens with one attached hydrogen (secondary N) is 2. The van der Waals surface area contributed by atoms with Gasteiger partial charge in [0, 0.05) is 22.6 Å². The number of aryl methyl sites for hydroxylation is 1. The predicted octanol–water partition coefficient (Wildman–Crippen LogP) is 2.86. The fourth-order valence-electron chi connectivity index (χ4n) is 1.86. The molecule has 19 heavy (non-hydrogen) atoms. The van der Waals surface area contributed by atoms with E-state index in [2.05, 4.69) is 10.7 Å². The summed E-state index contributed by atoms with van der Waals surface area (Å²) in [6.07, 6.45) is 0.841. The lowest BCUT2D eigenvalue weighted by Crippen LogP contribution is -2.28. The Morgan fingerprint density at radius 1 is 1.26 bits per heavy atom. The summed E-state index contributed by atoms with van der Waals surface area (Å²) in [5.41, 5.74) is 6.40. The minimum Gasteiger partial charge on any atom is -0.331 e. The minimum atomic E-state index is 0.477. The van der Waals surface area contributed by atoms with E-state index < -0.39 is 0 Å². The number of thiocarbonyl (C=S) groups is 1. The van der Waals surface area contributed by atoms with E-state index in [9.17, 15) is 4.79 Å². The number of aldehydes is 1. The molecule has 0 fully saturated rings. The molecule has 0 unspecified atom stereocenters. The first-order chi connectivity index (χ1) is 9.11. The van der Waals surface area contributed by atoms with Crippen LogP contribution in [0.4, 0.5) is 5.69 Å². The van der Waals surface area contributed by atoms with Crippen LogP contribution in [0.5, 0.6) is 0 Å². The van der Waals surface area contributed by atoms with Gasteiger partial charge >= 0.3 is 0 Å². The molecule has 0 aliphatic heterocycles. The molecule has 2 N–H and O–H groups in total. The highest BCUT2D eigenvalue weighted by Gasteiger charge is 2.09. The van der Waals surface area contributed by atoms with Crippen molar-refractivity contribution < 1.29 is 4.79 Å². The van der Waals surface area contributed by atoms with Gasteiger partial charge in [-0.1, -0.05) is 18.2 Å². The number of benzene rings is 1. The lowest BCUT2D eigenvalue weighted by atomic mass is 10.3. The fourth-order valence-corrected chi connectivity index (χ4v) is 2.07. The molecular weight excluding hydrogens is 258 g/mol. The van der Waals surface area contributed by atoms with Crippen molar-refractivity contribution in [1.82, 2.24) is 4.68 Å². The molecule has 0 aliphatic carbocycles. The molecule has 0 saturated heterocycles. The molecule has 98 valence electrons. The van der Waals surface area contributed by atoms with E-state index in [1.54, 1.807) is 4.68 Å². The molecule has 0 atom stereocenters. The third kappa shape index (κ3) is 3.00. The molecule has 0 aliphatic rings. The Bertz CT molecular complexity index is 605. The van der Waals surface area contributed by atoms with Crippen molar-refractivity contribution in [3.8, 4) is 0 Å². The van der Waals surface area contributed by atoms with E-state index >= 15 is 0 Å². The first kappa shape index (κ1) is 13.3. The Morgan fingerprint density at radius 2 is 1.95 bits per heavy atom. The summed E-state index contributed by atoms with van der Waals surface area (Å²) >= 11 is 5.25. The van der Waals surface area contributed by atoms with E-state index in [-0.39, 0.29) is 0 Å². The predicted molar refractivity (Wildman–Crippen MR) is 81.3 cm³/mol. The van der Waals surface area contributed by atoms with Gasteiger partial charge in [0.25, 0.3) is 0 Å². The highest BCUT2D eigenvalue weighted by atomic mass is 32.1. The van der Waals surface area contributed by atoms with Crippen molar-refractivity contribution >= 4 is 29.3 Å². The molecule has 1 heterocycles. The Hall–Kier alpha value is -2.14. The maximum atomic E-state index is 10.9. The van der Waals surface area contributed by atoms with Gasteiger partial charge in [0.05, 0.1) is 0 Å². The highest BCUT2D eigenvalue weighted by molar-refractivity contribution is 7.80. The van der Waals surface area contributed by atoms with Crippen LogP contribution in [0.3, 0.4) is 0 Å². The molecule has 0 spiro atoms. The van der Waals surface area contributed by atoms with Crippen LogP contribution < -0.4 is 10.7 Å². The first-order valence-corrected chi connectivity index (χ1v) is 6.30. The lowest BCUT2D eigenvalue weighted by Gasteiger charge is -2.14. The van der Waals surface area contributed by atoms with Crippen LogP contribution >= 0.6 is 12.2 Å². The van der Waals surface area contributed by atoms with Gasteiger partial charge in [-0.05, 0) is 44.3 Å². The quantitative estimate of drug-likeness (QED) is 0.667. The molecule has 4 nitrogen and oxygen atoms in total. The van der Waals surface area contributed by atoms with Crippen LogP contribution in [0, 0.1) is 13.8 Å². The molecule has 2 aromatic rings. The normalized spacial score (nSPS) is 10.0. The zero-order chi connectivity index (χ0) is 13.8. The van der Waals surface area contributed by atoms with Gasteiger partial charge in [-0.2, -0.15) is 0 Å². The number of hydrogen-bond acceptors (Lipinski definition) is 2. The Balaban J connectivity index is 2.11. The van der Waals surface area contributed by atoms with Crippen LogP contribution in [0.15, 0.2) is 36.4 Å². The lowest BCUT2D eigenvalue weighted by molar-refractivity contribution is 0.112. The number of hydrogen-bond donors (Lipinski definition) is 2. The van der Waals surface area contributed by atoms with Crippen molar-refractivity contribution in [1.29, 1.82) is 0 Å². The second-order valence-corrected chi connectivity index (χ2v) is 4.62. The number of para-hydroxylation sites is 1. The zero-order valence-electron chi connectivity index (χ0n) is 10.8. The second kappa shape index (κ2) is 5.67. The van der Waals surface area contributed by atoms with Crippen molar-refractivity contribution in [3.05, 3.63) is 53.3 Å². The molecule has 5 heteroatoms. The summed E-state index contributed by atoms with van der Waals surface area (Å²) < 4.78 is 1.79. The summed E-state index contributed by atoms with van der Waals surface area (Å²) in [5, 5.41) is 3.56. The van der Waals surface area contributed by atoms with Gasteiger partial charge in [0.1, 0.15) is 0 Å². The van der Waals surface area contributed by atoms with Gasteiger partial charge in [0.2, 0.25) is 0 Å². The average Bonchev–Trinajstić information content (AvgIpc) is 2.67. The smallest absolute Gasteiger partial charge is 0.190 e. The van der Waals surface area contributed by atoms with Gasteiger partial charge in [-0.3, -0.25) is 14.9 Å². The molecule has 2 rings (SSSR count). The number of carbonyl (C=O) groups is 1. The number of aromatic nitrogens is 1. The van der Waals surface area contributed by atoms with Crippen molar-refractivity contribution in [2.45, 2.75) is 13.8 Å². The summed E-state index contributed by atoms with van der Waals surface area (Å²) in [6.45, 7) is 3.78. The standard InChI is InChI=1S/C14H15N3OS/c1-10-8-12(9-18)11(2)17(10)16-14(19)15-13-6-4-3-5-7-13/h3-9H,1-2H3,(H2,15,16,19). The van der Waals surface area contributed by atoms with Crippen molar-refractivity contribution in [3.63, 3.8) is 0 Å². The average molecular weight is 273 g/mol. The van der Waals surface area contributed by atoms with Gasteiger partial charge < -0.3 is 5.32 Å². The summed E-state index contributed by atoms with van der Waals surface area (Å²) in [4.78, 5) is 10.9. The largest absolute Gasteiger partial charge is 0.331 e. The van der Waals surface area contributed by atoms with Gasteiger partial charge in [-0.25, -0.2) is 0 Å². The van der Waals surface area contributed by atoms with Crippen LogP contribution in [-0.4, -0.2) is 16.1 Å². The van der Waals surface area contributed by atoms with Crippen LogP contribution in [0.2, 0.25) is 0 Å². The monoisotopic (exact) mass is 273 g/mol. The SMILES string of the molecule is Cc1cc(C=O)c(C)n1NC(=S)Nc1ccccc1. The Kier molecular flexibility index (Phi) is 3.97. The van der Waals surface area contributed by atoms with Crippen LogP contribution in [0.25, 0.3) is 0 Å². The number of nitrogens with zero attached hydrogens (tertiary/aromatic N) is 1. The first-order valence-electron chi connectivity index (χ1n) is 5.89. The number of rotatable bonds is 3. The minimum absolute atomic E-state index is 0.477. The second-order valence-electron chi connectivity index (χ2n) is 4.21. The van der Waals surface area contributed by atoms with Gasteiger partial charge in [-0.15, -0.1) is 0 Å². The van der Waals surface area contributed by atoms with Gasteiger partial charge in [0.15, 0.2) is 11.4 Å². The molecule has 0 saturated carbocycles. The fraction of sp³-hybridized carbons (Fsp3) is 0.143. The maximum absolute atomic E-state index is 10.9. The van der Waals surface area contributed by atoms with Crippen LogP contribution in [-0.2, 0) is 0 Å². The van der Waals surface area contributed by atoms with E-state index in [0.29, 0.717) is 10.7 Å². The third-order valence-corrected chi connectivity index (χ3v) is 3.04. The maximum Gasteiger partial charge on any atom is 0.190 e. The van der Waals surface area contributed by atoms with Crippen molar-refractivity contribution in [2.75, 3.05) is 10.7 Å². The molecule has 1 aromatic carbocycles. The topological polar surface area (TPSA) is 46.1 Å². The van der Waals surface area contributed by atoms with Crippen LogP contribution in [0.1, 0.15) is 21.7 Å². The Morgan fingerprint density at radius 3 is 2.53 bits per heavy atom. The third-order valence-electron chi connectivity index (χ3n) is 2.84. The highest BCUT2D eigenvalue weighted by Crippen LogP contribution is 2.11. The number of carbonyl (C=O) groups excluding carboxylic acids is 1. The van der Waals surface area contributed by atoms with E-state index in [1.807, 2.05) is 50.2 Å². The van der Waals surface area contributed by atoms with E-state index in [1.165, 1.54) is 0 Å². The van der Waals surface area contributed by atoms with E-state index in [4.69, 9.17) is 12.2 Å². The molecule has 0 amide bonds.